The van der Waals surface area contributed by atoms with Crippen LogP contribution in [-0.4, -0.2) is 0 Å². The van der Waals surface area contributed by atoms with Crippen molar-refractivity contribution in [3.63, 3.8) is 0 Å². The van der Waals surface area contributed by atoms with Crippen molar-refractivity contribution in [2.75, 3.05) is 0 Å². The molecule has 0 aromatic carbocycles. The summed E-state index contributed by atoms with van der Waals surface area (Å²) in [7, 11) is 0. The van der Waals surface area contributed by atoms with Gasteiger partial charge in [0.2, 0.25) is 0 Å². The van der Waals surface area contributed by atoms with Crippen LogP contribution in [0.2, 0.25) is 0 Å². The molecule has 0 aliphatic heterocycles. The van der Waals surface area contributed by atoms with Gasteiger partial charge in [-0.25, -0.2) is 0 Å². The van der Waals surface area contributed by atoms with Gasteiger partial charge in [0.25, 0.3) is 0 Å². The Balaban J connectivity index is 0. The zero-order valence-corrected chi connectivity index (χ0v) is 13.1. The summed E-state index contributed by atoms with van der Waals surface area (Å²) in [5, 5.41) is 0. The summed E-state index contributed by atoms with van der Waals surface area (Å²) in [4.78, 5) is 0. The number of hydrogen-bond acceptors (Lipinski definition) is 0. The quantitative estimate of drug-likeness (QED) is 0.511. The molecule has 0 aliphatic rings. The summed E-state index contributed by atoms with van der Waals surface area (Å²) >= 11 is 0. The third-order valence-electron chi connectivity index (χ3n) is 2.89. The Labute approximate surface area is 105 Å². The molecular formula is C16H36. The van der Waals surface area contributed by atoms with E-state index in [1.165, 1.54) is 25.7 Å². The zero-order chi connectivity index (χ0) is 13.1. The first-order valence-corrected chi connectivity index (χ1v) is 7.29. The average Bonchev–Trinajstić information content (AvgIpc) is 2.14. The summed E-state index contributed by atoms with van der Waals surface area (Å²) in [5.74, 6) is 3.58. The van der Waals surface area contributed by atoms with Crippen LogP contribution < -0.4 is 0 Å². The van der Waals surface area contributed by atoms with Crippen molar-refractivity contribution in [1.29, 1.82) is 0 Å². The molecule has 1 unspecified atom stereocenters. The van der Waals surface area contributed by atoms with Gasteiger partial charge in [-0.2, -0.15) is 0 Å². The van der Waals surface area contributed by atoms with E-state index in [1.54, 1.807) is 0 Å². The first-order chi connectivity index (χ1) is 7.29. The van der Waals surface area contributed by atoms with E-state index in [0.717, 1.165) is 23.7 Å². The van der Waals surface area contributed by atoms with Crippen LogP contribution in [0.1, 0.15) is 81.1 Å². The Morgan fingerprint density at radius 1 is 0.625 bits per heavy atom. The molecule has 0 N–H and O–H groups in total. The van der Waals surface area contributed by atoms with E-state index in [1.807, 2.05) is 0 Å². The smallest absolute Gasteiger partial charge is 0.0443 e. The minimum absolute atomic E-state index is 0.880. The monoisotopic (exact) mass is 228 g/mol. The van der Waals surface area contributed by atoms with Gasteiger partial charge in [-0.15, -0.1) is 0 Å². The third-order valence-corrected chi connectivity index (χ3v) is 2.89. The van der Waals surface area contributed by atoms with Crippen molar-refractivity contribution in [2.24, 2.45) is 23.7 Å². The second kappa shape index (κ2) is 11.5. The van der Waals surface area contributed by atoms with Gasteiger partial charge in [0.15, 0.2) is 0 Å². The molecular weight excluding hydrogens is 192 g/mol. The van der Waals surface area contributed by atoms with Gasteiger partial charge in [0, 0.05) is 0 Å². The summed E-state index contributed by atoms with van der Waals surface area (Å²) in [5.41, 5.74) is 0. The predicted octanol–water partition coefficient (Wildman–Crippen LogP) is 6.16. The topological polar surface area (TPSA) is 0 Å². The van der Waals surface area contributed by atoms with Crippen LogP contribution in [0.3, 0.4) is 0 Å². The van der Waals surface area contributed by atoms with Crippen LogP contribution in [0.25, 0.3) is 0 Å². The Kier molecular flexibility index (Phi) is 13.2. The Morgan fingerprint density at radius 2 is 1.00 bits per heavy atom. The van der Waals surface area contributed by atoms with E-state index in [4.69, 9.17) is 0 Å². The first kappa shape index (κ1) is 18.4. The first-order valence-electron chi connectivity index (χ1n) is 7.29. The maximum atomic E-state index is 2.32. The Hall–Kier alpha value is 0. The van der Waals surface area contributed by atoms with Gasteiger partial charge in [-0.3, -0.25) is 0 Å². The van der Waals surface area contributed by atoms with Gasteiger partial charge >= 0.3 is 0 Å². The van der Waals surface area contributed by atoms with Crippen LogP contribution in [0.5, 0.6) is 0 Å². The molecule has 0 saturated carbocycles. The molecule has 0 heteroatoms. The van der Waals surface area contributed by atoms with E-state index in [9.17, 15) is 0 Å². The van der Waals surface area contributed by atoms with Crippen molar-refractivity contribution in [2.45, 2.75) is 81.1 Å². The molecule has 16 heavy (non-hydrogen) atoms. The number of rotatable bonds is 6. The van der Waals surface area contributed by atoms with E-state index >= 15 is 0 Å². The predicted molar refractivity (Wildman–Crippen MR) is 77.8 cm³/mol. The second-order valence-electron chi connectivity index (χ2n) is 6.51. The summed E-state index contributed by atoms with van der Waals surface area (Å²) in [6.07, 6.45) is 5.49. The number of hydrogen-bond donors (Lipinski definition) is 0. The summed E-state index contributed by atoms with van der Waals surface area (Å²) in [6.45, 7) is 18.3. The van der Waals surface area contributed by atoms with Crippen LogP contribution in [0.4, 0.5) is 0 Å². The molecule has 0 amide bonds. The van der Waals surface area contributed by atoms with Gasteiger partial charge in [0.1, 0.15) is 0 Å². The van der Waals surface area contributed by atoms with Crippen molar-refractivity contribution in [3.05, 3.63) is 0 Å². The van der Waals surface area contributed by atoms with E-state index < -0.39 is 0 Å². The average molecular weight is 228 g/mol. The van der Waals surface area contributed by atoms with E-state index in [-0.39, 0.29) is 0 Å². The molecule has 0 bridgehead atoms. The lowest BCUT2D eigenvalue weighted by Gasteiger charge is -2.09. The van der Waals surface area contributed by atoms with Crippen LogP contribution in [0, 0.1) is 23.7 Å². The van der Waals surface area contributed by atoms with Gasteiger partial charge in [-0.1, -0.05) is 74.7 Å². The standard InChI is InChI=1S/2C8H18/c1-7(2)5-6-8(3)4;1-5-8(4)6-7(2)3/h2*7-8H,5-6H2,1-4H3. The van der Waals surface area contributed by atoms with E-state index in [2.05, 4.69) is 55.4 Å². The summed E-state index contributed by atoms with van der Waals surface area (Å²) in [6, 6.07) is 0. The fourth-order valence-electron chi connectivity index (χ4n) is 1.64. The molecule has 0 fully saturated rings. The van der Waals surface area contributed by atoms with Crippen molar-refractivity contribution >= 4 is 0 Å². The van der Waals surface area contributed by atoms with Crippen molar-refractivity contribution < 1.29 is 0 Å². The molecule has 100 valence electrons. The molecule has 0 heterocycles. The van der Waals surface area contributed by atoms with Crippen molar-refractivity contribution in [1.82, 2.24) is 0 Å². The highest BCUT2D eigenvalue weighted by atomic mass is 14.1. The zero-order valence-electron chi connectivity index (χ0n) is 13.1. The molecule has 1 atom stereocenters. The molecule has 0 spiro atoms. The van der Waals surface area contributed by atoms with Crippen LogP contribution >= 0.6 is 0 Å². The molecule has 0 nitrogen and oxygen atoms in total. The molecule has 0 aromatic rings. The maximum Gasteiger partial charge on any atom is -0.0443 e. The fraction of sp³-hybridized carbons (Fsp3) is 1.00. The minimum atomic E-state index is 0.880. The fourth-order valence-corrected chi connectivity index (χ4v) is 1.64. The largest absolute Gasteiger partial charge is 0.0651 e. The highest BCUT2D eigenvalue weighted by molar-refractivity contribution is 4.52. The SMILES string of the molecule is CC(C)CCC(C)C.CCC(C)CC(C)C. The molecule has 0 aliphatic carbocycles. The molecule has 0 saturated heterocycles. The lowest BCUT2D eigenvalue weighted by Crippen LogP contribution is -1.97. The molecule has 0 rings (SSSR count). The van der Waals surface area contributed by atoms with E-state index in [0.29, 0.717) is 0 Å². The lowest BCUT2D eigenvalue weighted by molar-refractivity contribution is 0.429. The molecule has 0 radical (unpaired) electrons. The summed E-state index contributed by atoms with van der Waals surface area (Å²) < 4.78 is 0. The lowest BCUT2D eigenvalue weighted by atomic mass is 9.97. The highest BCUT2D eigenvalue weighted by Crippen LogP contribution is 2.13. The van der Waals surface area contributed by atoms with Crippen LogP contribution in [0.15, 0.2) is 0 Å². The maximum absolute atomic E-state index is 2.32. The minimum Gasteiger partial charge on any atom is -0.0651 e. The van der Waals surface area contributed by atoms with Crippen molar-refractivity contribution in [3.8, 4) is 0 Å². The highest BCUT2D eigenvalue weighted by Gasteiger charge is 2.00. The third kappa shape index (κ3) is 19.6. The van der Waals surface area contributed by atoms with Crippen LogP contribution in [-0.2, 0) is 0 Å². The van der Waals surface area contributed by atoms with Gasteiger partial charge in [0.05, 0.1) is 0 Å². The normalized spacial score (nSPS) is 12.9. The second-order valence-corrected chi connectivity index (χ2v) is 6.51. The Bertz CT molecular complexity index is 114. The van der Waals surface area contributed by atoms with Gasteiger partial charge in [-0.05, 0) is 30.1 Å². The van der Waals surface area contributed by atoms with Gasteiger partial charge < -0.3 is 0 Å². The Morgan fingerprint density at radius 3 is 1.12 bits per heavy atom. The molecule has 0 aromatic heterocycles.